The number of rotatable bonds is 7. The van der Waals surface area contributed by atoms with Crippen LogP contribution in [0.3, 0.4) is 0 Å². The van der Waals surface area contributed by atoms with Crippen molar-refractivity contribution in [2.45, 2.75) is 81.7 Å². The van der Waals surface area contributed by atoms with Crippen LogP contribution in [0.2, 0.25) is 0 Å². The number of hydrogen-bond donors (Lipinski definition) is 1. The third-order valence-electron chi connectivity index (χ3n) is 10.1. The van der Waals surface area contributed by atoms with Crippen LogP contribution < -0.4 is 10.1 Å². The molecule has 36 heavy (non-hydrogen) atoms. The highest BCUT2D eigenvalue weighted by molar-refractivity contribution is 5.80. The van der Waals surface area contributed by atoms with E-state index in [1.807, 2.05) is 4.90 Å². The third kappa shape index (κ3) is 4.52. The zero-order valence-corrected chi connectivity index (χ0v) is 21.6. The summed E-state index contributed by atoms with van der Waals surface area (Å²) in [6.45, 7) is 3.55. The summed E-state index contributed by atoms with van der Waals surface area (Å²) < 4.78 is 19.8. The highest BCUT2D eigenvalue weighted by Gasteiger charge is 2.53. The molecule has 2 amide bonds. The Morgan fingerprint density at radius 1 is 1.08 bits per heavy atom. The molecule has 4 saturated carbocycles. The number of methoxy groups -OCH3 is 1. The molecule has 6 nitrogen and oxygen atoms in total. The van der Waals surface area contributed by atoms with Gasteiger partial charge in [0.2, 0.25) is 11.8 Å². The summed E-state index contributed by atoms with van der Waals surface area (Å²) in [6.07, 6.45) is 10.8. The Bertz CT molecular complexity index is 986. The molecule has 0 unspecified atom stereocenters. The van der Waals surface area contributed by atoms with E-state index in [1.165, 1.54) is 44.6 Å². The molecule has 6 aliphatic rings. The Morgan fingerprint density at radius 2 is 1.75 bits per heavy atom. The fourth-order valence-corrected chi connectivity index (χ4v) is 8.75. The maximum atomic E-state index is 14.6. The number of ether oxygens (including phenoxy) is 1. The second kappa shape index (κ2) is 9.30. The van der Waals surface area contributed by atoms with Gasteiger partial charge in [-0.3, -0.25) is 14.5 Å². The zero-order chi connectivity index (χ0) is 24.9. The van der Waals surface area contributed by atoms with E-state index in [2.05, 4.69) is 10.2 Å². The summed E-state index contributed by atoms with van der Waals surface area (Å²) in [5.74, 6) is 3.23. The largest absolute Gasteiger partial charge is 0.497 e. The second-order valence-corrected chi connectivity index (χ2v) is 12.5. The molecule has 1 aromatic carbocycles. The van der Waals surface area contributed by atoms with E-state index in [-0.39, 0.29) is 17.6 Å². The molecule has 4 aliphatic carbocycles. The number of benzene rings is 1. The molecule has 2 heterocycles. The molecule has 0 radical (unpaired) electrons. The molecular formula is C29H40FN3O3. The number of amides is 2. The van der Waals surface area contributed by atoms with Crippen molar-refractivity contribution in [1.82, 2.24) is 15.1 Å². The van der Waals surface area contributed by atoms with E-state index in [0.717, 1.165) is 43.9 Å². The average Bonchev–Trinajstić information content (AvgIpc) is 3.23. The first kappa shape index (κ1) is 24.2. The van der Waals surface area contributed by atoms with Crippen LogP contribution >= 0.6 is 0 Å². The fraction of sp³-hybridized carbons (Fsp3) is 0.724. The van der Waals surface area contributed by atoms with E-state index in [1.54, 1.807) is 19.2 Å². The lowest BCUT2D eigenvalue weighted by Gasteiger charge is -2.61. The predicted molar refractivity (Wildman–Crippen MR) is 135 cm³/mol. The lowest BCUT2D eigenvalue weighted by atomic mass is 9.52. The molecule has 1 N–H and O–H groups in total. The first-order valence-corrected chi connectivity index (χ1v) is 14.0. The van der Waals surface area contributed by atoms with E-state index < -0.39 is 5.54 Å². The van der Waals surface area contributed by atoms with Crippen LogP contribution in [0.1, 0.15) is 69.8 Å². The number of carbonyl (C=O) groups is 2. The molecule has 4 bridgehead atoms. The minimum atomic E-state index is -0.582. The van der Waals surface area contributed by atoms with Gasteiger partial charge in [-0.25, -0.2) is 4.39 Å². The van der Waals surface area contributed by atoms with Crippen molar-refractivity contribution in [3.63, 3.8) is 0 Å². The highest BCUT2D eigenvalue weighted by Crippen LogP contribution is 2.57. The molecule has 0 aromatic heterocycles. The average molecular weight is 498 g/mol. The van der Waals surface area contributed by atoms with Crippen molar-refractivity contribution in [3.8, 4) is 5.75 Å². The summed E-state index contributed by atoms with van der Waals surface area (Å²) in [5.41, 5.74) is 0.345. The number of hydrogen-bond acceptors (Lipinski definition) is 4. The van der Waals surface area contributed by atoms with Gasteiger partial charge in [-0.15, -0.1) is 0 Å². The standard InChI is InChI=1S/C29H40FN3O3/c1-36-24-2-3-25(30)23(15-24)19-28(6-4-26(34)31-28)7-5-27(35)32-8-10-33(11-9-32)29-16-20-12-21(17-29)14-22(13-20)18-29/h2-3,15,20-22H,4-14,16-19H2,1H3,(H,31,34)/t20?,21?,22?,28-,29?/m0/s1. The SMILES string of the molecule is COc1ccc(F)c(C[C@@]2(CCC(=O)N3CCN(C45CC6CC(CC(C6)C4)C5)CC3)CCC(=O)N2)c1. The zero-order valence-electron chi connectivity index (χ0n) is 21.6. The Hall–Kier alpha value is -2.15. The molecule has 2 saturated heterocycles. The normalized spacial score (nSPS) is 35.8. The van der Waals surface area contributed by atoms with Crippen LogP contribution in [0, 0.1) is 23.6 Å². The summed E-state index contributed by atoms with van der Waals surface area (Å²) in [6, 6.07) is 4.71. The molecule has 7 heteroatoms. The molecule has 7 rings (SSSR count). The summed E-state index contributed by atoms with van der Waals surface area (Å²) in [5, 5.41) is 3.09. The molecular weight excluding hydrogens is 457 g/mol. The van der Waals surface area contributed by atoms with Crippen molar-refractivity contribution in [2.75, 3.05) is 33.3 Å². The van der Waals surface area contributed by atoms with Crippen LogP contribution in [0.15, 0.2) is 18.2 Å². The topological polar surface area (TPSA) is 61.9 Å². The Labute approximate surface area is 213 Å². The third-order valence-corrected chi connectivity index (χ3v) is 10.1. The molecule has 1 aromatic rings. The number of nitrogens with zero attached hydrogens (tertiary/aromatic N) is 2. The Morgan fingerprint density at radius 3 is 2.33 bits per heavy atom. The van der Waals surface area contributed by atoms with Crippen LogP contribution in [0.5, 0.6) is 5.75 Å². The molecule has 1 atom stereocenters. The summed E-state index contributed by atoms with van der Waals surface area (Å²) in [7, 11) is 1.56. The van der Waals surface area contributed by atoms with E-state index in [9.17, 15) is 14.0 Å². The minimum Gasteiger partial charge on any atom is -0.497 e. The second-order valence-electron chi connectivity index (χ2n) is 12.5. The van der Waals surface area contributed by atoms with Crippen molar-refractivity contribution in [3.05, 3.63) is 29.6 Å². The highest BCUT2D eigenvalue weighted by atomic mass is 19.1. The van der Waals surface area contributed by atoms with Gasteiger partial charge in [0.05, 0.1) is 7.11 Å². The van der Waals surface area contributed by atoms with E-state index in [0.29, 0.717) is 49.0 Å². The number of carbonyl (C=O) groups excluding carboxylic acids is 2. The van der Waals surface area contributed by atoms with Gasteiger partial charge >= 0.3 is 0 Å². The van der Waals surface area contributed by atoms with Crippen molar-refractivity contribution in [1.29, 1.82) is 0 Å². The molecule has 0 spiro atoms. The predicted octanol–water partition coefficient (Wildman–Crippen LogP) is 3.92. The Kier molecular flexibility index (Phi) is 6.25. The van der Waals surface area contributed by atoms with Crippen LogP contribution in [0.25, 0.3) is 0 Å². The van der Waals surface area contributed by atoms with Gasteiger partial charge < -0.3 is 15.0 Å². The minimum absolute atomic E-state index is 0.0186. The van der Waals surface area contributed by atoms with Gasteiger partial charge in [0.25, 0.3) is 0 Å². The monoisotopic (exact) mass is 497 g/mol. The maximum absolute atomic E-state index is 14.6. The van der Waals surface area contributed by atoms with Gasteiger partial charge in [0, 0.05) is 50.1 Å². The Balaban J connectivity index is 1.06. The fourth-order valence-electron chi connectivity index (χ4n) is 8.75. The first-order chi connectivity index (χ1) is 17.4. The number of piperazine rings is 1. The van der Waals surface area contributed by atoms with Gasteiger partial charge in [-0.1, -0.05) is 0 Å². The maximum Gasteiger partial charge on any atom is 0.222 e. The van der Waals surface area contributed by atoms with Crippen molar-refractivity contribution in [2.24, 2.45) is 17.8 Å². The van der Waals surface area contributed by atoms with E-state index >= 15 is 0 Å². The summed E-state index contributed by atoms with van der Waals surface area (Å²) in [4.78, 5) is 30.2. The summed E-state index contributed by atoms with van der Waals surface area (Å²) >= 11 is 0. The molecule has 6 fully saturated rings. The number of halogens is 1. The lowest BCUT2D eigenvalue weighted by Crippen LogP contribution is -2.64. The molecule has 196 valence electrons. The van der Waals surface area contributed by atoms with Crippen LogP contribution in [-0.2, 0) is 16.0 Å². The quantitative estimate of drug-likeness (QED) is 0.620. The first-order valence-electron chi connectivity index (χ1n) is 14.0. The molecule has 2 aliphatic heterocycles. The van der Waals surface area contributed by atoms with Gasteiger partial charge in [-0.05, 0) is 99.3 Å². The van der Waals surface area contributed by atoms with Gasteiger partial charge in [-0.2, -0.15) is 0 Å². The smallest absolute Gasteiger partial charge is 0.222 e. The van der Waals surface area contributed by atoms with E-state index in [4.69, 9.17) is 4.74 Å². The van der Waals surface area contributed by atoms with Crippen LogP contribution in [0.4, 0.5) is 4.39 Å². The van der Waals surface area contributed by atoms with Crippen molar-refractivity contribution >= 4 is 11.8 Å². The van der Waals surface area contributed by atoms with Gasteiger partial charge in [0.15, 0.2) is 0 Å². The number of nitrogens with one attached hydrogen (secondary N) is 1. The van der Waals surface area contributed by atoms with Crippen LogP contribution in [-0.4, -0.2) is 66.0 Å². The van der Waals surface area contributed by atoms with Gasteiger partial charge in [0.1, 0.15) is 11.6 Å². The van der Waals surface area contributed by atoms with Crippen molar-refractivity contribution < 1.29 is 18.7 Å². The lowest BCUT2D eigenvalue weighted by molar-refractivity contribution is -0.139.